The van der Waals surface area contributed by atoms with Gasteiger partial charge in [-0.1, -0.05) is 0 Å². The maximum absolute atomic E-state index is 5.53. The molecule has 1 aliphatic rings. The number of anilines is 1. The van der Waals surface area contributed by atoms with E-state index in [-0.39, 0.29) is 6.10 Å². The van der Waals surface area contributed by atoms with Gasteiger partial charge in [0.15, 0.2) is 0 Å². The number of hydrogen-bond acceptors (Lipinski definition) is 5. The molecule has 1 fully saturated rings. The molecule has 1 aromatic heterocycles. The summed E-state index contributed by atoms with van der Waals surface area (Å²) in [6.45, 7) is 1.29. The molecule has 0 saturated carbocycles. The molecule has 1 N–H and O–H groups in total. The summed E-state index contributed by atoms with van der Waals surface area (Å²) in [7, 11) is 1.81. The minimum absolute atomic E-state index is 0.141. The summed E-state index contributed by atoms with van der Waals surface area (Å²) >= 11 is 0. The van der Waals surface area contributed by atoms with E-state index in [1.165, 1.54) is 6.33 Å². The highest BCUT2D eigenvalue weighted by Crippen LogP contribution is 2.21. The highest BCUT2D eigenvalue weighted by Gasteiger charge is 2.21. The van der Waals surface area contributed by atoms with Crippen LogP contribution in [0, 0.1) is 0 Å². The van der Waals surface area contributed by atoms with Crippen molar-refractivity contribution in [3.05, 3.63) is 12.5 Å². The van der Waals surface area contributed by atoms with Crippen molar-refractivity contribution in [3.63, 3.8) is 0 Å². The summed E-state index contributed by atoms with van der Waals surface area (Å²) in [6, 6.07) is 0. The lowest BCUT2D eigenvalue weighted by atomic mass is 10.3. The lowest BCUT2D eigenvalue weighted by Gasteiger charge is -2.26. The second kappa shape index (κ2) is 3.57. The maximum atomic E-state index is 5.53. The summed E-state index contributed by atoms with van der Waals surface area (Å²) in [4.78, 5) is 7.90. The summed E-state index contributed by atoms with van der Waals surface area (Å²) in [5, 5.41) is 2.96. The van der Waals surface area contributed by atoms with Crippen LogP contribution in [-0.4, -0.2) is 36.3 Å². The zero-order chi connectivity index (χ0) is 9.10. The lowest BCUT2D eigenvalue weighted by Crippen LogP contribution is -2.38. The SMILES string of the molecule is CNc1cncnc1OC1COC1. The Morgan fingerprint density at radius 2 is 2.46 bits per heavy atom. The van der Waals surface area contributed by atoms with Crippen LogP contribution in [-0.2, 0) is 4.74 Å². The average Bonchev–Trinajstić information content (AvgIpc) is 2.12. The Hall–Kier alpha value is -1.36. The molecule has 2 rings (SSSR count). The summed E-state index contributed by atoms with van der Waals surface area (Å²) in [6.07, 6.45) is 3.29. The molecule has 5 nitrogen and oxygen atoms in total. The predicted octanol–water partition coefficient (Wildman–Crippen LogP) is 0.296. The highest BCUT2D eigenvalue weighted by molar-refractivity contribution is 5.49. The molecule has 0 radical (unpaired) electrons. The van der Waals surface area contributed by atoms with Crippen molar-refractivity contribution in [2.24, 2.45) is 0 Å². The van der Waals surface area contributed by atoms with Crippen molar-refractivity contribution in [3.8, 4) is 5.88 Å². The van der Waals surface area contributed by atoms with Crippen molar-refractivity contribution < 1.29 is 9.47 Å². The van der Waals surface area contributed by atoms with Crippen molar-refractivity contribution in [2.45, 2.75) is 6.10 Å². The molecule has 2 heterocycles. The quantitative estimate of drug-likeness (QED) is 0.726. The van der Waals surface area contributed by atoms with E-state index < -0.39 is 0 Å². The van der Waals surface area contributed by atoms with Crippen LogP contribution < -0.4 is 10.1 Å². The van der Waals surface area contributed by atoms with Crippen molar-refractivity contribution in [1.82, 2.24) is 9.97 Å². The van der Waals surface area contributed by atoms with E-state index in [0.717, 1.165) is 5.69 Å². The zero-order valence-electron chi connectivity index (χ0n) is 7.36. The third kappa shape index (κ3) is 1.70. The number of hydrogen-bond donors (Lipinski definition) is 1. The van der Waals surface area contributed by atoms with Crippen LogP contribution >= 0.6 is 0 Å². The van der Waals surface area contributed by atoms with Crippen molar-refractivity contribution >= 4 is 5.69 Å². The van der Waals surface area contributed by atoms with Gasteiger partial charge in [0, 0.05) is 7.05 Å². The molecule has 0 amide bonds. The number of rotatable bonds is 3. The Morgan fingerprint density at radius 3 is 3.08 bits per heavy atom. The average molecular weight is 181 g/mol. The summed E-state index contributed by atoms with van der Waals surface area (Å²) in [5.41, 5.74) is 0.800. The number of ether oxygens (including phenoxy) is 2. The van der Waals surface area contributed by atoms with Crippen LogP contribution in [0.1, 0.15) is 0 Å². The number of nitrogens with zero attached hydrogens (tertiary/aromatic N) is 2. The molecule has 70 valence electrons. The van der Waals surface area contributed by atoms with Crippen LogP contribution in [0.2, 0.25) is 0 Å². The minimum atomic E-state index is 0.141. The molecule has 1 saturated heterocycles. The maximum Gasteiger partial charge on any atom is 0.240 e. The zero-order valence-corrected chi connectivity index (χ0v) is 7.36. The Bertz CT molecular complexity index is 288. The third-order valence-corrected chi connectivity index (χ3v) is 1.83. The van der Waals surface area contributed by atoms with Gasteiger partial charge >= 0.3 is 0 Å². The van der Waals surface area contributed by atoms with Gasteiger partial charge in [0.05, 0.1) is 19.4 Å². The normalized spacial score (nSPS) is 16.4. The molecule has 0 spiro atoms. The molecule has 0 aliphatic carbocycles. The lowest BCUT2D eigenvalue weighted by molar-refractivity contribution is -0.0810. The van der Waals surface area contributed by atoms with Crippen LogP contribution in [0.25, 0.3) is 0 Å². The van der Waals surface area contributed by atoms with Crippen LogP contribution in [0.4, 0.5) is 5.69 Å². The Kier molecular flexibility index (Phi) is 2.27. The first-order valence-corrected chi connectivity index (χ1v) is 4.12. The van der Waals surface area contributed by atoms with E-state index in [1.807, 2.05) is 7.05 Å². The van der Waals surface area contributed by atoms with Gasteiger partial charge in [-0.15, -0.1) is 0 Å². The molecule has 0 unspecified atom stereocenters. The molecular formula is C8H11N3O2. The molecule has 13 heavy (non-hydrogen) atoms. The van der Waals surface area contributed by atoms with Gasteiger partial charge in [-0.25, -0.2) is 4.98 Å². The Morgan fingerprint density at radius 1 is 1.62 bits per heavy atom. The first kappa shape index (κ1) is 8.25. The standard InChI is InChI=1S/C8H11N3O2/c1-9-7-2-10-5-11-8(7)13-6-3-12-4-6/h2,5-6,9H,3-4H2,1H3. The van der Waals surface area contributed by atoms with Gasteiger partial charge in [0.2, 0.25) is 5.88 Å². The van der Waals surface area contributed by atoms with E-state index in [1.54, 1.807) is 6.20 Å². The number of nitrogens with one attached hydrogen (secondary N) is 1. The van der Waals surface area contributed by atoms with Crippen LogP contribution in [0.3, 0.4) is 0 Å². The van der Waals surface area contributed by atoms with Gasteiger partial charge in [0.25, 0.3) is 0 Å². The fraction of sp³-hybridized carbons (Fsp3) is 0.500. The Balaban J connectivity index is 2.08. The first-order valence-electron chi connectivity index (χ1n) is 4.12. The molecule has 1 aromatic rings. The minimum Gasteiger partial charge on any atom is -0.468 e. The van der Waals surface area contributed by atoms with Gasteiger partial charge in [-0.05, 0) is 0 Å². The second-order valence-corrected chi connectivity index (χ2v) is 2.77. The third-order valence-electron chi connectivity index (χ3n) is 1.83. The van der Waals surface area contributed by atoms with Gasteiger partial charge in [-0.3, -0.25) is 0 Å². The predicted molar refractivity (Wildman–Crippen MR) is 46.8 cm³/mol. The Labute approximate surface area is 76.1 Å². The molecular weight excluding hydrogens is 170 g/mol. The van der Waals surface area contributed by atoms with Gasteiger partial charge in [0.1, 0.15) is 18.1 Å². The van der Waals surface area contributed by atoms with E-state index in [0.29, 0.717) is 19.1 Å². The van der Waals surface area contributed by atoms with E-state index in [2.05, 4.69) is 15.3 Å². The molecule has 1 aliphatic heterocycles. The molecule has 0 bridgehead atoms. The summed E-state index contributed by atoms with van der Waals surface area (Å²) in [5.74, 6) is 0.589. The molecule has 5 heteroatoms. The van der Waals surface area contributed by atoms with E-state index in [9.17, 15) is 0 Å². The topological polar surface area (TPSA) is 56.3 Å². The van der Waals surface area contributed by atoms with Gasteiger partial charge < -0.3 is 14.8 Å². The van der Waals surface area contributed by atoms with Crippen LogP contribution in [0.15, 0.2) is 12.5 Å². The van der Waals surface area contributed by atoms with Gasteiger partial charge in [-0.2, -0.15) is 4.98 Å². The van der Waals surface area contributed by atoms with Crippen molar-refractivity contribution in [2.75, 3.05) is 25.6 Å². The van der Waals surface area contributed by atoms with Crippen molar-refractivity contribution in [1.29, 1.82) is 0 Å². The first-order chi connectivity index (χ1) is 6.40. The van der Waals surface area contributed by atoms with Crippen LogP contribution in [0.5, 0.6) is 5.88 Å². The summed E-state index contributed by atoms with van der Waals surface area (Å²) < 4.78 is 10.5. The van der Waals surface area contributed by atoms with E-state index in [4.69, 9.17) is 9.47 Å². The molecule has 0 atom stereocenters. The fourth-order valence-corrected chi connectivity index (χ4v) is 1.02. The highest BCUT2D eigenvalue weighted by atomic mass is 16.6. The molecule has 0 aromatic carbocycles. The smallest absolute Gasteiger partial charge is 0.240 e. The monoisotopic (exact) mass is 181 g/mol. The largest absolute Gasteiger partial charge is 0.468 e. The number of aromatic nitrogens is 2. The van der Waals surface area contributed by atoms with E-state index >= 15 is 0 Å². The fourth-order valence-electron chi connectivity index (χ4n) is 1.02. The second-order valence-electron chi connectivity index (χ2n) is 2.77.